The van der Waals surface area contributed by atoms with Crippen LogP contribution in [0, 0.1) is 10.1 Å². The van der Waals surface area contributed by atoms with E-state index < -0.39 is 11.1 Å². The summed E-state index contributed by atoms with van der Waals surface area (Å²) >= 11 is 0. The Morgan fingerprint density at radius 3 is 3.00 bits per heavy atom. The number of nitro groups is 1. The molecule has 0 amide bonds. The van der Waals surface area contributed by atoms with Gasteiger partial charge in [0.1, 0.15) is 6.61 Å². The van der Waals surface area contributed by atoms with E-state index in [1.54, 1.807) is 18.2 Å². The van der Waals surface area contributed by atoms with Gasteiger partial charge in [-0.15, -0.1) is 0 Å². The first-order chi connectivity index (χ1) is 9.08. The van der Waals surface area contributed by atoms with Crippen molar-refractivity contribution in [3.05, 3.63) is 45.5 Å². The molecule has 7 heteroatoms. The van der Waals surface area contributed by atoms with Crippen LogP contribution in [0.3, 0.4) is 0 Å². The fourth-order valence-electron chi connectivity index (χ4n) is 1.82. The molecule has 0 saturated heterocycles. The Morgan fingerprint density at radius 2 is 2.32 bits per heavy atom. The number of carbonyl (C=O) groups is 1. The molecule has 1 heterocycles. The summed E-state index contributed by atoms with van der Waals surface area (Å²) in [4.78, 5) is 24.5. The van der Waals surface area contributed by atoms with Crippen LogP contribution in [0.2, 0.25) is 0 Å². The minimum Gasteiger partial charge on any atom is -0.450 e. The van der Waals surface area contributed by atoms with Gasteiger partial charge in [-0.2, -0.15) is 0 Å². The number of hydrogen-bond acceptors (Lipinski definition) is 5. The van der Waals surface area contributed by atoms with E-state index in [2.05, 4.69) is 9.73 Å². The third-order valence-corrected chi connectivity index (χ3v) is 2.57. The van der Waals surface area contributed by atoms with E-state index in [0.29, 0.717) is 22.4 Å². The number of carboxylic acid groups (broad SMARTS) is 1. The molecule has 0 aromatic heterocycles. The van der Waals surface area contributed by atoms with Crippen LogP contribution >= 0.6 is 0 Å². The lowest BCUT2D eigenvalue weighted by atomic mass is 10.0. The Balaban J connectivity index is 2.30. The number of ether oxygens (including phenoxy) is 1. The minimum atomic E-state index is -1.37. The number of nitrogens with zero attached hydrogens (tertiary/aromatic N) is 2. The Kier molecular flexibility index (Phi) is 3.56. The van der Waals surface area contributed by atoms with Crippen molar-refractivity contribution in [1.82, 2.24) is 0 Å². The molecular weight excluding hydrogens is 252 g/mol. The van der Waals surface area contributed by atoms with Gasteiger partial charge in [-0.05, 0) is 17.7 Å². The lowest BCUT2D eigenvalue weighted by Gasteiger charge is -2.07. The number of allylic oxidation sites excluding steroid dienone is 1. The minimum absolute atomic E-state index is 0.113. The predicted octanol–water partition coefficient (Wildman–Crippen LogP) is 2.26. The second kappa shape index (κ2) is 5.30. The summed E-state index contributed by atoms with van der Waals surface area (Å²) in [6.07, 6.45) is 1.60. The third kappa shape index (κ3) is 2.95. The van der Waals surface area contributed by atoms with Crippen molar-refractivity contribution < 1.29 is 19.6 Å². The Labute approximate surface area is 108 Å². The van der Waals surface area contributed by atoms with Crippen LogP contribution in [-0.2, 0) is 11.3 Å². The molecule has 0 saturated carbocycles. The number of aliphatic imine (C=N–C) groups is 1. The molecule has 0 spiro atoms. The van der Waals surface area contributed by atoms with E-state index in [1.807, 2.05) is 0 Å². The van der Waals surface area contributed by atoms with Crippen LogP contribution in [0.1, 0.15) is 11.1 Å². The van der Waals surface area contributed by atoms with Crippen LogP contribution < -0.4 is 0 Å². The maximum Gasteiger partial charge on any atom is 0.506 e. The third-order valence-electron chi connectivity index (χ3n) is 2.57. The van der Waals surface area contributed by atoms with Crippen molar-refractivity contribution in [3.63, 3.8) is 0 Å². The number of rotatable bonds is 4. The molecule has 2 rings (SSSR count). The zero-order valence-electron chi connectivity index (χ0n) is 9.78. The first-order valence-electron chi connectivity index (χ1n) is 5.42. The van der Waals surface area contributed by atoms with Crippen molar-refractivity contribution in [2.75, 3.05) is 6.54 Å². The molecule has 0 bridgehead atoms. The smallest absolute Gasteiger partial charge is 0.450 e. The summed E-state index contributed by atoms with van der Waals surface area (Å²) in [6, 6.07) is 5.19. The van der Waals surface area contributed by atoms with Gasteiger partial charge < -0.3 is 9.84 Å². The van der Waals surface area contributed by atoms with E-state index in [9.17, 15) is 14.9 Å². The van der Waals surface area contributed by atoms with Gasteiger partial charge in [0.2, 0.25) is 6.54 Å². The fraction of sp³-hybridized carbons (Fsp3) is 0.167. The van der Waals surface area contributed by atoms with Crippen molar-refractivity contribution in [2.24, 2.45) is 4.99 Å². The average Bonchev–Trinajstić information content (AvgIpc) is 2.77. The highest BCUT2D eigenvalue weighted by atomic mass is 16.7. The topological polar surface area (TPSA) is 102 Å². The van der Waals surface area contributed by atoms with Crippen LogP contribution in [0.4, 0.5) is 10.5 Å². The second-order valence-electron chi connectivity index (χ2n) is 3.80. The van der Waals surface area contributed by atoms with Gasteiger partial charge in [0.25, 0.3) is 0 Å². The highest BCUT2D eigenvalue weighted by Gasteiger charge is 2.17. The monoisotopic (exact) mass is 262 g/mol. The van der Waals surface area contributed by atoms with E-state index in [-0.39, 0.29) is 13.2 Å². The Morgan fingerprint density at radius 1 is 1.53 bits per heavy atom. The first-order valence-corrected chi connectivity index (χ1v) is 5.42. The van der Waals surface area contributed by atoms with E-state index >= 15 is 0 Å². The second-order valence-corrected chi connectivity index (χ2v) is 3.80. The summed E-state index contributed by atoms with van der Waals surface area (Å²) < 4.78 is 4.53. The largest absolute Gasteiger partial charge is 0.506 e. The van der Waals surface area contributed by atoms with Crippen molar-refractivity contribution in [3.8, 4) is 0 Å². The highest BCUT2D eigenvalue weighted by Crippen LogP contribution is 2.34. The summed E-state index contributed by atoms with van der Waals surface area (Å²) in [6.45, 7) is -0.424. The van der Waals surface area contributed by atoms with Crippen LogP contribution in [-0.4, -0.2) is 28.9 Å². The molecular formula is C12H10N2O5. The maximum atomic E-state index is 10.4. The molecule has 1 aliphatic rings. The molecule has 0 radical (unpaired) electrons. The van der Waals surface area contributed by atoms with Crippen LogP contribution in [0.25, 0.3) is 5.57 Å². The summed E-state index contributed by atoms with van der Waals surface area (Å²) in [5.41, 5.74) is 2.58. The molecule has 1 aromatic rings. The standard InChI is InChI=1S/C12H10N2O5/c15-12(16)19-7-9-2-1-3-10-11(9)8(6-13-10)4-5-14(17)18/h1-4,6H,5,7H2,(H,15,16). The van der Waals surface area contributed by atoms with Crippen molar-refractivity contribution >= 4 is 23.6 Å². The molecule has 19 heavy (non-hydrogen) atoms. The van der Waals surface area contributed by atoms with E-state index in [0.717, 1.165) is 0 Å². The summed E-state index contributed by atoms with van der Waals surface area (Å²) in [7, 11) is 0. The van der Waals surface area contributed by atoms with Gasteiger partial charge in [0, 0.05) is 22.3 Å². The number of fused-ring (bicyclic) bond motifs is 1. The quantitative estimate of drug-likeness (QED) is 0.509. The fourth-order valence-corrected chi connectivity index (χ4v) is 1.82. The lowest BCUT2D eigenvalue weighted by Crippen LogP contribution is -2.03. The SMILES string of the molecule is O=C(O)OCc1cccc2c1C(=CC[N+](=O)[O-])C=N2. The molecule has 0 aliphatic carbocycles. The highest BCUT2D eigenvalue weighted by molar-refractivity contribution is 6.17. The predicted molar refractivity (Wildman–Crippen MR) is 67.2 cm³/mol. The maximum absolute atomic E-state index is 10.4. The summed E-state index contributed by atoms with van der Waals surface area (Å²) in [5, 5.41) is 18.9. The summed E-state index contributed by atoms with van der Waals surface area (Å²) in [5.74, 6) is 0. The molecule has 1 aromatic carbocycles. The normalized spacial score (nSPS) is 14.4. The van der Waals surface area contributed by atoms with E-state index in [4.69, 9.17) is 5.11 Å². The molecule has 1 N–H and O–H groups in total. The zero-order chi connectivity index (χ0) is 13.8. The van der Waals surface area contributed by atoms with Crippen LogP contribution in [0.5, 0.6) is 0 Å². The van der Waals surface area contributed by atoms with Crippen molar-refractivity contribution in [1.29, 1.82) is 0 Å². The van der Waals surface area contributed by atoms with Crippen LogP contribution in [0.15, 0.2) is 29.3 Å². The molecule has 0 fully saturated rings. The average molecular weight is 262 g/mol. The molecule has 7 nitrogen and oxygen atoms in total. The zero-order valence-corrected chi connectivity index (χ0v) is 9.78. The lowest BCUT2D eigenvalue weighted by molar-refractivity contribution is -0.468. The van der Waals surface area contributed by atoms with Gasteiger partial charge in [-0.3, -0.25) is 15.1 Å². The van der Waals surface area contributed by atoms with Crippen molar-refractivity contribution in [2.45, 2.75) is 6.61 Å². The molecule has 0 unspecified atom stereocenters. The van der Waals surface area contributed by atoms with Gasteiger partial charge in [0.15, 0.2) is 0 Å². The van der Waals surface area contributed by atoms with Gasteiger partial charge in [-0.1, -0.05) is 12.1 Å². The molecule has 1 aliphatic heterocycles. The first kappa shape index (κ1) is 12.7. The Hall–Kier alpha value is -2.70. The number of hydrogen-bond donors (Lipinski definition) is 1. The van der Waals surface area contributed by atoms with Gasteiger partial charge in [0.05, 0.1) is 5.69 Å². The van der Waals surface area contributed by atoms with E-state index in [1.165, 1.54) is 12.3 Å². The Bertz CT molecular complexity index is 592. The number of benzene rings is 1. The molecule has 98 valence electrons. The van der Waals surface area contributed by atoms with Gasteiger partial charge >= 0.3 is 6.16 Å². The van der Waals surface area contributed by atoms with Gasteiger partial charge in [-0.25, -0.2) is 4.79 Å². The molecule has 0 atom stereocenters.